The van der Waals surface area contributed by atoms with Crippen LogP contribution in [0.25, 0.3) is 0 Å². The molecular weight excluding hydrogens is 102 g/mol. The smallest absolute Gasteiger partial charge is 0.124 e. The predicted molar refractivity (Wildman–Crippen MR) is 33.5 cm³/mol. The monoisotopic (exact) mass is 115 g/mol. The third-order valence-corrected chi connectivity index (χ3v) is 1.36. The van der Waals surface area contributed by atoms with Crippen molar-refractivity contribution < 1.29 is 4.79 Å². The van der Waals surface area contributed by atoms with Gasteiger partial charge in [-0.15, -0.1) is 0 Å². The normalized spacial score (nSPS) is 17.4. The van der Waals surface area contributed by atoms with Crippen molar-refractivity contribution in [1.29, 1.82) is 0 Å². The van der Waals surface area contributed by atoms with Crippen molar-refractivity contribution in [3.63, 3.8) is 0 Å². The van der Waals surface area contributed by atoms with Gasteiger partial charge in [0.1, 0.15) is 6.29 Å². The molecule has 2 atom stereocenters. The summed E-state index contributed by atoms with van der Waals surface area (Å²) in [4.78, 5) is 10.0. The van der Waals surface area contributed by atoms with E-state index in [1.165, 1.54) is 0 Å². The number of rotatable bonds is 3. The molecular formula is C6H13NO. The van der Waals surface area contributed by atoms with Gasteiger partial charge in [0.15, 0.2) is 0 Å². The molecule has 0 aliphatic rings. The molecule has 0 radical (unpaired) electrons. The molecule has 0 heterocycles. The first-order valence-corrected chi connectivity index (χ1v) is 2.93. The second-order valence-corrected chi connectivity index (χ2v) is 2.07. The number of hydrogen-bond donors (Lipinski definition) is 1. The van der Waals surface area contributed by atoms with E-state index in [1.54, 1.807) is 0 Å². The highest BCUT2D eigenvalue weighted by molar-refractivity contribution is 5.53. The van der Waals surface area contributed by atoms with Gasteiger partial charge in [-0.1, -0.05) is 13.8 Å². The average Bonchev–Trinajstić information content (AvgIpc) is 1.84. The Morgan fingerprint density at radius 3 is 2.38 bits per heavy atom. The summed E-state index contributed by atoms with van der Waals surface area (Å²) >= 11 is 0. The third kappa shape index (κ3) is 2.07. The van der Waals surface area contributed by atoms with Crippen LogP contribution in [-0.4, -0.2) is 12.3 Å². The van der Waals surface area contributed by atoms with Crippen LogP contribution < -0.4 is 5.73 Å². The van der Waals surface area contributed by atoms with Gasteiger partial charge in [-0.05, 0) is 6.42 Å². The third-order valence-electron chi connectivity index (χ3n) is 1.36. The molecule has 0 aromatic carbocycles. The fourth-order valence-electron chi connectivity index (χ4n) is 0.473. The van der Waals surface area contributed by atoms with Gasteiger partial charge in [0, 0.05) is 12.0 Å². The first-order chi connectivity index (χ1) is 3.72. The second-order valence-electron chi connectivity index (χ2n) is 2.07. The number of carbonyl (C=O) groups is 1. The lowest BCUT2D eigenvalue weighted by Crippen LogP contribution is -2.27. The van der Waals surface area contributed by atoms with Gasteiger partial charge < -0.3 is 10.5 Å². The van der Waals surface area contributed by atoms with Crippen LogP contribution in [0.15, 0.2) is 0 Å². The summed E-state index contributed by atoms with van der Waals surface area (Å²) in [5, 5.41) is 0. The van der Waals surface area contributed by atoms with Gasteiger partial charge in [-0.25, -0.2) is 0 Å². The van der Waals surface area contributed by atoms with E-state index in [0.717, 1.165) is 12.7 Å². The molecule has 0 aromatic rings. The van der Waals surface area contributed by atoms with Crippen molar-refractivity contribution in [2.24, 2.45) is 11.7 Å². The van der Waals surface area contributed by atoms with E-state index in [9.17, 15) is 4.79 Å². The standard InChI is InChI=1S/C6H13NO/c1-3-6(7)5(2)4-8/h4-6H,3,7H2,1-2H3. The van der Waals surface area contributed by atoms with Crippen LogP contribution in [0.4, 0.5) is 0 Å². The molecule has 2 nitrogen and oxygen atoms in total. The number of aldehydes is 1. The zero-order chi connectivity index (χ0) is 6.57. The highest BCUT2D eigenvalue weighted by Crippen LogP contribution is 1.98. The lowest BCUT2D eigenvalue weighted by atomic mass is 10.0. The van der Waals surface area contributed by atoms with Crippen LogP contribution in [0, 0.1) is 5.92 Å². The van der Waals surface area contributed by atoms with E-state index < -0.39 is 0 Å². The number of nitrogens with two attached hydrogens (primary N) is 1. The van der Waals surface area contributed by atoms with Crippen LogP contribution >= 0.6 is 0 Å². The van der Waals surface area contributed by atoms with Crippen molar-refractivity contribution in [2.45, 2.75) is 26.3 Å². The molecule has 0 aliphatic carbocycles. The van der Waals surface area contributed by atoms with Gasteiger partial charge in [-0.2, -0.15) is 0 Å². The highest BCUT2D eigenvalue weighted by atomic mass is 16.1. The largest absolute Gasteiger partial charge is 0.327 e. The number of hydrogen-bond acceptors (Lipinski definition) is 2. The fraction of sp³-hybridized carbons (Fsp3) is 0.833. The van der Waals surface area contributed by atoms with Crippen LogP contribution in [0.2, 0.25) is 0 Å². The van der Waals surface area contributed by atoms with Crippen molar-refractivity contribution >= 4 is 6.29 Å². The molecule has 0 aromatic heterocycles. The van der Waals surface area contributed by atoms with E-state index in [0.29, 0.717) is 0 Å². The average molecular weight is 115 g/mol. The maximum absolute atomic E-state index is 10.0. The maximum atomic E-state index is 10.0. The summed E-state index contributed by atoms with van der Waals surface area (Å²) in [6.45, 7) is 3.81. The Bertz CT molecular complexity index is 72.9. The predicted octanol–water partition coefficient (Wildman–Crippen LogP) is 0.559. The minimum Gasteiger partial charge on any atom is -0.327 e. The van der Waals surface area contributed by atoms with Gasteiger partial charge >= 0.3 is 0 Å². The molecule has 2 N–H and O–H groups in total. The zero-order valence-corrected chi connectivity index (χ0v) is 5.42. The molecule has 0 rings (SSSR count). The van der Waals surface area contributed by atoms with Crippen LogP contribution in [-0.2, 0) is 4.79 Å². The maximum Gasteiger partial charge on any atom is 0.124 e. The molecule has 0 saturated carbocycles. The summed E-state index contributed by atoms with van der Waals surface area (Å²) in [7, 11) is 0. The summed E-state index contributed by atoms with van der Waals surface area (Å²) in [5.74, 6) is 0.0139. The Morgan fingerprint density at radius 1 is 1.75 bits per heavy atom. The summed E-state index contributed by atoms with van der Waals surface area (Å²) in [6.07, 6.45) is 1.77. The molecule has 8 heavy (non-hydrogen) atoms. The van der Waals surface area contributed by atoms with E-state index >= 15 is 0 Å². The van der Waals surface area contributed by atoms with Gasteiger partial charge in [-0.3, -0.25) is 0 Å². The summed E-state index contributed by atoms with van der Waals surface area (Å²) < 4.78 is 0. The first kappa shape index (κ1) is 7.63. The minimum atomic E-state index is 0.0139. The Balaban J connectivity index is 3.44. The quantitative estimate of drug-likeness (QED) is 0.546. The molecule has 0 bridgehead atoms. The molecule has 2 heteroatoms. The van der Waals surface area contributed by atoms with E-state index in [-0.39, 0.29) is 12.0 Å². The van der Waals surface area contributed by atoms with E-state index in [2.05, 4.69) is 0 Å². The molecule has 0 amide bonds. The van der Waals surface area contributed by atoms with E-state index in [4.69, 9.17) is 5.73 Å². The molecule has 0 saturated heterocycles. The van der Waals surface area contributed by atoms with Gasteiger partial charge in [0.2, 0.25) is 0 Å². The van der Waals surface area contributed by atoms with Gasteiger partial charge in [0.05, 0.1) is 0 Å². The summed E-state index contributed by atoms with van der Waals surface area (Å²) in [5.41, 5.74) is 5.50. The molecule has 48 valence electrons. The van der Waals surface area contributed by atoms with Crippen LogP contribution in [0.5, 0.6) is 0 Å². The highest BCUT2D eigenvalue weighted by Gasteiger charge is 2.07. The Kier molecular flexibility index (Phi) is 3.44. The Morgan fingerprint density at radius 2 is 2.25 bits per heavy atom. The van der Waals surface area contributed by atoms with Crippen molar-refractivity contribution in [3.05, 3.63) is 0 Å². The lowest BCUT2D eigenvalue weighted by Gasteiger charge is -2.09. The Hall–Kier alpha value is -0.370. The zero-order valence-electron chi connectivity index (χ0n) is 5.42. The fourth-order valence-corrected chi connectivity index (χ4v) is 0.473. The minimum absolute atomic E-state index is 0.0139. The van der Waals surface area contributed by atoms with Crippen LogP contribution in [0.1, 0.15) is 20.3 Å². The SMILES string of the molecule is CCC(N)C(C)C=O. The van der Waals surface area contributed by atoms with Crippen molar-refractivity contribution in [3.8, 4) is 0 Å². The second kappa shape index (κ2) is 3.61. The Labute approximate surface area is 50.1 Å². The molecule has 2 unspecified atom stereocenters. The van der Waals surface area contributed by atoms with Crippen LogP contribution in [0.3, 0.4) is 0 Å². The van der Waals surface area contributed by atoms with E-state index in [1.807, 2.05) is 13.8 Å². The lowest BCUT2D eigenvalue weighted by molar-refractivity contribution is -0.111. The molecule has 0 fully saturated rings. The number of carbonyl (C=O) groups excluding carboxylic acids is 1. The molecule has 0 aliphatic heterocycles. The summed E-state index contributed by atoms with van der Waals surface area (Å²) in [6, 6.07) is 0.0486. The first-order valence-electron chi connectivity index (χ1n) is 2.93. The van der Waals surface area contributed by atoms with Gasteiger partial charge in [0.25, 0.3) is 0 Å². The topological polar surface area (TPSA) is 43.1 Å². The molecule has 0 spiro atoms. The van der Waals surface area contributed by atoms with Crippen molar-refractivity contribution in [1.82, 2.24) is 0 Å². The van der Waals surface area contributed by atoms with Crippen molar-refractivity contribution in [2.75, 3.05) is 0 Å².